The number of rotatable bonds is 10. The first kappa shape index (κ1) is 25.5. The van der Waals surface area contributed by atoms with E-state index in [0.717, 1.165) is 66.1 Å². The van der Waals surface area contributed by atoms with Gasteiger partial charge in [0.05, 0.1) is 18.7 Å². The average molecular weight is 541 g/mol. The Morgan fingerprint density at radius 2 is 1.94 bits per heavy atom. The largest absolute Gasteiger partial charge is 0.379 e. The maximum absolute atomic E-state index is 12.7. The van der Waals surface area contributed by atoms with Crippen LogP contribution in [0.15, 0.2) is 53.0 Å². The van der Waals surface area contributed by atoms with Crippen LogP contribution in [0, 0.1) is 5.92 Å². The van der Waals surface area contributed by atoms with E-state index in [1.54, 1.807) is 0 Å². The van der Waals surface area contributed by atoms with Crippen LogP contribution in [0.2, 0.25) is 0 Å². The summed E-state index contributed by atoms with van der Waals surface area (Å²) in [5.41, 5.74) is 1.85. The van der Waals surface area contributed by atoms with E-state index in [9.17, 15) is 4.79 Å². The standard InChI is InChI=1S/C27H34BrN5O2/c1-20(2)19-33(12-10-25(34)29-11-13-32-14-16-35-17-15-32)27-23-8-3-4-9-24(23)30-26(31-27)21-6-5-7-22(28)18-21/h3-9,18,20H,10-17,19H2,1-2H3,(H,29,34). The Bertz CT molecular complexity index is 1130. The van der Waals surface area contributed by atoms with E-state index >= 15 is 0 Å². The van der Waals surface area contributed by atoms with Crippen molar-refractivity contribution in [2.24, 2.45) is 5.92 Å². The number of hydrogen-bond donors (Lipinski definition) is 1. The number of amides is 1. The van der Waals surface area contributed by atoms with Gasteiger partial charge in [-0.2, -0.15) is 0 Å². The topological polar surface area (TPSA) is 70.6 Å². The summed E-state index contributed by atoms with van der Waals surface area (Å²) in [6, 6.07) is 16.1. The number of nitrogens with zero attached hydrogens (tertiary/aromatic N) is 4. The molecule has 1 aliphatic rings. The highest BCUT2D eigenvalue weighted by atomic mass is 79.9. The fraction of sp³-hybridized carbons (Fsp3) is 0.444. The molecule has 0 radical (unpaired) electrons. The molecule has 0 bridgehead atoms. The first-order chi connectivity index (χ1) is 17.0. The van der Waals surface area contributed by atoms with Gasteiger partial charge in [0.15, 0.2) is 5.82 Å². The quantitative estimate of drug-likeness (QED) is 0.412. The zero-order valence-electron chi connectivity index (χ0n) is 20.5. The van der Waals surface area contributed by atoms with Gasteiger partial charge >= 0.3 is 0 Å². The Morgan fingerprint density at radius 3 is 2.71 bits per heavy atom. The number of halogens is 1. The molecular formula is C27H34BrN5O2. The number of fused-ring (bicyclic) bond motifs is 1. The molecule has 35 heavy (non-hydrogen) atoms. The lowest BCUT2D eigenvalue weighted by Crippen LogP contribution is -2.42. The third-order valence-corrected chi connectivity index (χ3v) is 6.51. The van der Waals surface area contributed by atoms with Gasteiger partial charge in [-0.3, -0.25) is 9.69 Å². The summed E-state index contributed by atoms with van der Waals surface area (Å²) >= 11 is 3.56. The van der Waals surface area contributed by atoms with E-state index in [1.165, 1.54) is 0 Å². The summed E-state index contributed by atoms with van der Waals surface area (Å²) in [5.74, 6) is 2.05. The Morgan fingerprint density at radius 1 is 1.14 bits per heavy atom. The van der Waals surface area contributed by atoms with Crippen LogP contribution < -0.4 is 10.2 Å². The van der Waals surface area contributed by atoms with Crippen LogP contribution in [0.4, 0.5) is 5.82 Å². The van der Waals surface area contributed by atoms with Crippen molar-refractivity contribution in [2.75, 3.05) is 57.4 Å². The van der Waals surface area contributed by atoms with E-state index in [0.29, 0.717) is 31.3 Å². The molecule has 1 aliphatic heterocycles. The first-order valence-corrected chi connectivity index (χ1v) is 13.1. The Hall–Kier alpha value is -2.55. The van der Waals surface area contributed by atoms with Gasteiger partial charge in [0.25, 0.3) is 0 Å². The van der Waals surface area contributed by atoms with E-state index in [4.69, 9.17) is 14.7 Å². The molecule has 0 aliphatic carbocycles. The van der Waals surface area contributed by atoms with Gasteiger partial charge in [-0.05, 0) is 30.2 Å². The molecule has 0 unspecified atom stereocenters. The molecular weight excluding hydrogens is 506 g/mol. The van der Waals surface area contributed by atoms with E-state index < -0.39 is 0 Å². The second-order valence-corrected chi connectivity index (χ2v) is 10.2. The van der Waals surface area contributed by atoms with Gasteiger partial charge in [0.2, 0.25) is 5.91 Å². The molecule has 2 heterocycles. The van der Waals surface area contributed by atoms with Crippen molar-refractivity contribution in [3.8, 4) is 11.4 Å². The Kier molecular flexibility index (Phi) is 9.06. The van der Waals surface area contributed by atoms with E-state index in [1.807, 2.05) is 42.5 Å². The number of nitrogens with one attached hydrogen (secondary N) is 1. The van der Waals surface area contributed by atoms with Gasteiger partial charge in [-0.25, -0.2) is 9.97 Å². The number of benzene rings is 2. The van der Waals surface area contributed by atoms with Gasteiger partial charge in [-0.1, -0.05) is 54.0 Å². The molecule has 0 spiro atoms. The molecule has 8 heteroatoms. The van der Waals surface area contributed by atoms with Crippen molar-refractivity contribution >= 4 is 38.6 Å². The predicted octanol–water partition coefficient (Wildman–Crippen LogP) is 4.36. The molecule has 1 N–H and O–H groups in total. The fourth-order valence-corrected chi connectivity index (χ4v) is 4.68. The smallest absolute Gasteiger partial charge is 0.221 e. The molecule has 1 saturated heterocycles. The second kappa shape index (κ2) is 12.4. The van der Waals surface area contributed by atoms with Crippen LogP contribution in [0.1, 0.15) is 20.3 Å². The van der Waals surface area contributed by atoms with Crippen molar-refractivity contribution in [1.29, 1.82) is 0 Å². The normalized spacial score (nSPS) is 14.4. The summed E-state index contributed by atoms with van der Waals surface area (Å²) in [7, 11) is 0. The number of para-hydroxylation sites is 1. The highest BCUT2D eigenvalue weighted by Gasteiger charge is 2.18. The van der Waals surface area contributed by atoms with Gasteiger partial charge in [0, 0.05) is 61.1 Å². The monoisotopic (exact) mass is 539 g/mol. The van der Waals surface area contributed by atoms with Gasteiger partial charge in [-0.15, -0.1) is 0 Å². The lowest BCUT2D eigenvalue weighted by Gasteiger charge is -2.28. The van der Waals surface area contributed by atoms with Crippen LogP contribution in [0.25, 0.3) is 22.3 Å². The van der Waals surface area contributed by atoms with E-state index in [2.05, 4.69) is 51.0 Å². The third kappa shape index (κ3) is 7.22. The zero-order valence-corrected chi connectivity index (χ0v) is 22.1. The maximum Gasteiger partial charge on any atom is 0.221 e. The number of hydrogen-bond acceptors (Lipinski definition) is 6. The summed E-state index contributed by atoms with van der Waals surface area (Å²) in [4.78, 5) is 27.1. The number of morpholine rings is 1. The van der Waals surface area contributed by atoms with Crippen molar-refractivity contribution in [1.82, 2.24) is 20.2 Å². The molecule has 2 aromatic carbocycles. The summed E-state index contributed by atoms with van der Waals surface area (Å²) in [6.45, 7) is 10.7. The van der Waals surface area contributed by atoms with Crippen molar-refractivity contribution in [3.05, 3.63) is 53.0 Å². The third-order valence-electron chi connectivity index (χ3n) is 6.01. The average Bonchev–Trinajstić information content (AvgIpc) is 2.86. The maximum atomic E-state index is 12.7. The van der Waals surface area contributed by atoms with Crippen LogP contribution in [-0.2, 0) is 9.53 Å². The fourth-order valence-electron chi connectivity index (χ4n) is 4.29. The highest BCUT2D eigenvalue weighted by Crippen LogP contribution is 2.29. The second-order valence-electron chi connectivity index (χ2n) is 9.29. The highest BCUT2D eigenvalue weighted by molar-refractivity contribution is 9.10. The van der Waals surface area contributed by atoms with Gasteiger partial charge in [0.1, 0.15) is 5.82 Å². The van der Waals surface area contributed by atoms with Crippen LogP contribution >= 0.6 is 15.9 Å². The minimum Gasteiger partial charge on any atom is -0.379 e. The summed E-state index contributed by atoms with van der Waals surface area (Å²) in [6.07, 6.45) is 0.417. The number of anilines is 1. The molecule has 1 fully saturated rings. The van der Waals surface area contributed by atoms with Crippen LogP contribution in [-0.4, -0.2) is 73.3 Å². The SMILES string of the molecule is CC(C)CN(CCC(=O)NCCN1CCOCC1)c1nc(-c2cccc(Br)c2)nc2ccccc12. The molecule has 1 aromatic heterocycles. The molecule has 0 saturated carbocycles. The Balaban J connectivity index is 1.51. The summed E-state index contributed by atoms with van der Waals surface area (Å²) in [5, 5.41) is 4.08. The minimum absolute atomic E-state index is 0.0672. The molecule has 186 valence electrons. The van der Waals surface area contributed by atoms with E-state index in [-0.39, 0.29) is 5.91 Å². The van der Waals surface area contributed by atoms with Crippen molar-refractivity contribution < 1.29 is 9.53 Å². The van der Waals surface area contributed by atoms with Crippen LogP contribution in [0.5, 0.6) is 0 Å². The number of aromatic nitrogens is 2. The van der Waals surface area contributed by atoms with Crippen LogP contribution in [0.3, 0.4) is 0 Å². The molecule has 1 amide bonds. The lowest BCUT2D eigenvalue weighted by molar-refractivity contribution is -0.121. The first-order valence-electron chi connectivity index (χ1n) is 12.3. The zero-order chi connectivity index (χ0) is 24.6. The number of carbonyl (C=O) groups excluding carboxylic acids is 1. The van der Waals surface area contributed by atoms with Crippen molar-refractivity contribution in [3.63, 3.8) is 0 Å². The predicted molar refractivity (Wildman–Crippen MR) is 145 cm³/mol. The van der Waals surface area contributed by atoms with Gasteiger partial charge < -0.3 is 15.0 Å². The lowest BCUT2D eigenvalue weighted by atomic mass is 10.1. The molecule has 3 aromatic rings. The summed E-state index contributed by atoms with van der Waals surface area (Å²) < 4.78 is 6.38. The van der Waals surface area contributed by atoms with Crippen molar-refractivity contribution in [2.45, 2.75) is 20.3 Å². The molecule has 0 atom stereocenters. The Labute approximate surface area is 216 Å². The molecule has 4 rings (SSSR count). The number of ether oxygens (including phenoxy) is 1. The molecule has 7 nitrogen and oxygen atoms in total. The minimum atomic E-state index is 0.0672. The number of carbonyl (C=O) groups is 1.